The predicted octanol–water partition coefficient (Wildman–Crippen LogP) is 2.84. The van der Waals surface area contributed by atoms with E-state index in [0.717, 1.165) is 10.2 Å². The number of rotatable bonds is 3. The van der Waals surface area contributed by atoms with E-state index in [-0.39, 0.29) is 6.04 Å². The predicted molar refractivity (Wildman–Crippen MR) is 75.2 cm³/mol. The van der Waals surface area contributed by atoms with Crippen LogP contribution in [0.2, 0.25) is 0 Å². The van der Waals surface area contributed by atoms with Crippen LogP contribution in [0.3, 0.4) is 0 Å². The van der Waals surface area contributed by atoms with E-state index in [0.29, 0.717) is 0 Å². The Bertz CT molecular complexity index is 525. The van der Waals surface area contributed by atoms with Crippen LogP contribution in [0.4, 0.5) is 0 Å². The maximum Gasteiger partial charge on any atom is 0.102 e. The van der Waals surface area contributed by atoms with Crippen LogP contribution in [-0.2, 0) is 5.54 Å². The van der Waals surface area contributed by atoms with Gasteiger partial charge in [-0.05, 0) is 38.5 Å². The highest BCUT2D eigenvalue weighted by Crippen LogP contribution is 2.21. The van der Waals surface area contributed by atoms with E-state index < -0.39 is 5.54 Å². The molecule has 1 unspecified atom stereocenters. The second-order valence-corrected chi connectivity index (χ2v) is 5.95. The van der Waals surface area contributed by atoms with Crippen molar-refractivity contribution in [3.8, 4) is 0 Å². The first-order valence-electron chi connectivity index (χ1n) is 5.84. The van der Waals surface area contributed by atoms with Crippen LogP contribution < -0.4 is 5.73 Å². The van der Waals surface area contributed by atoms with Gasteiger partial charge in [0, 0.05) is 4.47 Å². The molecule has 0 bridgehead atoms. The van der Waals surface area contributed by atoms with E-state index >= 15 is 0 Å². The van der Waals surface area contributed by atoms with E-state index in [1.54, 1.807) is 0 Å². The third-order valence-corrected chi connectivity index (χ3v) is 3.45. The van der Waals surface area contributed by atoms with E-state index in [1.165, 1.54) is 5.56 Å². The van der Waals surface area contributed by atoms with Crippen LogP contribution in [0.25, 0.3) is 0 Å². The number of hydrogen-bond acceptors (Lipinski definition) is 3. The second kappa shape index (κ2) is 4.82. The van der Waals surface area contributed by atoms with Gasteiger partial charge in [0.15, 0.2) is 0 Å². The van der Waals surface area contributed by atoms with Crippen LogP contribution in [-0.4, -0.2) is 15.0 Å². The zero-order chi connectivity index (χ0) is 13.3. The van der Waals surface area contributed by atoms with Crippen molar-refractivity contribution in [3.63, 3.8) is 0 Å². The molecule has 0 aliphatic heterocycles. The summed E-state index contributed by atoms with van der Waals surface area (Å²) in [7, 11) is 0. The lowest BCUT2D eigenvalue weighted by molar-refractivity contribution is 0.532. The highest BCUT2D eigenvalue weighted by molar-refractivity contribution is 9.10. The van der Waals surface area contributed by atoms with Gasteiger partial charge in [-0.25, -0.2) is 4.68 Å². The van der Waals surface area contributed by atoms with Crippen molar-refractivity contribution in [2.45, 2.75) is 32.4 Å². The molecule has 2 aromatic rings. The molecule has 1 aromatic heterocycles. The number of halogens is 1. The van der Waals surface area contributed by atoms with E-state index in [9.17, 15) is 0 Å². The van der Waals surface area contributed by atoms with Crippen molar-refractivity contribution in [3.05, 3.63) is 46.2 Å². The molecular weight excluding hydrogens is 292 g/mol. The summed E-state index contributed by atoms with van der Waals surface area (Å²) in [6.45, 7) is 5.93. The molecule has 5 heteroatoms. The average molecular weight is 309 g/mol. The quantitative estimate of drug-likeness (QED) is 0.948. The summed E-state index contributed by atoms with van der Waals surface area (Å²) in [6.07, 6.45) is 1.91. The maximum atomic E-state index is 6.01. The molecule has 0 radical (unpaired) electrons. The zero-order valence-electron chi connectivity index (χ0n) is 10.8. The number of nitrogens with zero attached hydrogens (tertiary/aromatic N) is 3. The zero-order valence-corrected chi connectivity index (χ0v) is 12.3. The van der Waals surface area contributed by atoms with Gasteiger partial charge in [-0.2, -0.15) is 0 Å². The molecular formula is C13H17BrN4. The summed E-state index contributed by atoms with van der Waals surface area (Å²) in [5, 5.41) is 8.29. The standard InChI is InChI=1S/C13H17BrN4/c1-9(10-4-6-11(14)7-5-10)18-8-12(16-17-18)13(2,3)15/h4-9H,15H2,1-3H3. The summed E-state index contributed by atoms with van der Waals surface area (Å²) in [6, 6.07) is 8.34. The van der Waals surface area contributed by atoms with Crippen molar-refractivity contribution in [2.24, 2.45) is 5.73 Å². The first-order valence-corrected chi connectivity index (χ1v) is 6.64. The Morgan fingerprint density at radius 1 is 1.28 bits per heavy atom. The van der Waals surface area contributed by atoms with Gasteiger partial charge >= 0.3 is 0 Å². The minimum absolute atomic E-state index is 0.140. The number of nitrogens with two attached hydrogens (primary N) is 1. The van der Waals surface area contributed by atoms with E-state index in [2.05, 4.69) is 45.3 Å². The third-order valence-electron chi connectivity index (χ3n) is 2.92. The van der Waals surface area contributed by atoms with Crippen molar-refractivity contribution in [1.29, 1.82) is 0 Å². The molecule has 4 nitrogen and oxygen atoms in total. The molecule has 0 saturated heterocycles. The third kappa shape index (κ3) is 2.79. The Balaban J connectivity index is 2.26. The first kappa shape index (κ1) is 13.2. The molecule has 18 heavy (non-hydrogen) atoms. The molecule has 2 N–H and O–H groups in total. The lowest BCUT2D eigenvalue weighted by Gasteiger charge is -2.14. The van der Waals surface area contributed by atoms with Gasteiger partial charge < -0.3 is 5.73 Å². The van der Waals surface area contributed by atoms with Gasteiger partial charge in [-0.3, -0.25) is 0 Å². The molecule has 0 spiro atoms. The number of hydrogen-bond donors (Lipinski definition) is 1. The normalized spacial score (nSPS) is 13.6. The molecule has 0 amide bonds. The molecule has 2 rings (SSSR count). The van der Waals surface area contributed by atoms with E-state index in [1.807, 2.05) is 36.9 Å². The van der Waals surface area contributed by atoms with Crippen LogP contribution in [0, 0.1) is 0 Å². The largest absolute Gasteiger partial charge is 0.320 e. The highest BCUT2D eigenvalue weighted by atomic mass is 79.9. The first-order chi connectivity index (χ1) is 8.38. The Morgan fingerprint density at radius 3 is 2.39 bits per heavy atom. The van der Waals surface area contributed by atoms with Crippen molar-refractivity contribution >= 4 is 15.9 Å². The van der Waals surface area contributed by atoms with Gasteiger partial charge in [0.1, 0.15) is 5.69 Å². The molecule has 1 atom stereocenters. The van der Waals surface area contributed by atoms with Gasteiger partial charge in [-0.15, -0.1) is 5.10 Å². The maximum absolute atomic E-state index is 6.01. The van der Waals surface area contributed by atoms with Gasteiger partial charge in [0.25, 0.3) is 0 Å². The monoisotopic (exact) mass is 308 g/mol. The summed E-state index contributed by atoms with van der Waals surface area (Å²) < 4.78 is 2.91. The SMILES string of the molecule is CC(c1ccc(Br)cc1)n1cc(C(C)(C)N)nn1. The molecule has 0 aliphatic carbocycles. The van der Waals surface area contributed by atoms with Crippen molar-refractivity contribution in [1.82, 2.24) is 15.0 Å². The van der Waals surface area contributed by atoms with Gasteiger partial charge in [0.05, 0.1) is 17.8 Å². The highest BCUT2D eigenvalue weighted by Gasteiger charge is 2.20. The van der Waals surface area contributed by atoms with Crippen LogP contribution in [0.15, 0.2) is 34.9 Å². The fraction of sp³-hybridized carbons (Fsp3) is 0.385. The summed E-state index contributed by atoms with van der Waals surface area (Å²) in [5.41, 5.74) is 7.53. The molecule has 0 aliphatic rings. The fourth-order valence-electron chi connectivity index (χ4n) is 1.66. The molecule has 96 valence electrons. The van der Waals surface area contributed by atoms with Gasteiger partial charge in [-0.1, -0.05) is 33.3 Å². The minimum Gasteiger partial charge on any atom is -0.320 e. The van der Waals surface area contributed by atoms with Crippen LogP contribution >= 0.6 is 15.9 Å². The second-order valence-electron chi connectivity index (χ2n) is 5.03. The Labute approximate surface area is 115 Å². The summed E-state index contributed by atoms with van der Waals surface area (Å²) in [4.78, 5) is 0. The van der Waals surface area contributed by atoms with Crippen LogP contribution in [0.5, 0.6) is 0 Å². The lowest BCUT2D eigenvalue weighted by Crippen LogP contribution is -2.29. The molecule has 1 aromatic carbocycles. The van der Waals surface area contributed by atoms with Crippen LogP contribution in [0.1, 0.15) is 38.1 Å². The molecule has 1 heterocycles. The van der Waals surface area contributed by atoms with E-state index in [4.69, 9.17) is 5.73 Å². The Hall–Kier alpha value is -1.20. The summed E-state index contributed by atoms with van der Waals surface area (Å²) >= 11 is 3.43. The summed E-state index contributed by atoms with van der Waals surface area (Å²) in [5.74, 6) is 0. The fourth-order valence-corrected chi connectivity index (χ4v) is 1.92. The number of benzene rings is 1. The molecule has 0 fully saturated rings. The molecule has 0 saturated carbocycles. The average Bonchev–Trinajstić information content (AvgIpc) is 2.78. The van der Waals surface area contributed by atoms with Gasteiger partial charge in [0.2, 0.25) is 0 Å². The van der Waals surface area contributed by atoms with Crippen molar-refractivity contribution in [2.75, 3.05) is 0 Å². The lowest BCUT2D eigenvalue weighted by atomic mass is 10.0. The minimum atomic E-state index is -0.461. The van der Waals surface area contributed by atoms with Crippen molar-refractivity contribution < 1.29 is 0 Å². The Morgan fingerprint density at radius 2 is 1.89 bits per heavy atom. The topological polar surface area (TPSA) is 56.7 Å². The number of aromatic nitrogens is 3. The Kier molecular flexibility index (Phi) is 3.54. The smallest absolute Gasteiger partial charge is 0.102 e.